The minimum Gasteiger partial charge on any atom is -0.342 e. The molecule has 2 aromatic rings. The molecule has 2 N–H and O–H groups in total. The highest BCUT2D eigenvalue weighted by Crippen LogP contribution is 2.28. The van der Waals surface area contributed by atoms with E-state index < -0.39 is 23.6 Å². The van der Waals surface area contributed by atoms with Crippen molar-refractivity contribution in [1.29, 1.82) is 0 Å². The zero-order chi connectivity index (χ0) is 17.7. The maximum Gasteiger partial charge on any atom is 0.416 e. The Kier molecular flexibility index (Phi) is 5.18. The van der Waals surface area contributed by atoms with E-state index in [0.29, 0.717) is 5.69 Å². The zero-order valence-electron chi connectivity index (χ0n) is 12.6. The van der Waals surface area contributed by atoms with Gasteiger partial charge in [-0.25, -0.2) is 0 Å². The summed E-state index contributed by atoms with van der Waals surface area (Å²) in [6.45, 7) is 1.54. The van der Waals surface area contributed by atoms with Gasteiger partial charge in [-0.15, -0.1) is 0 Å². The molecule has 24 heavy (non-hydrogen) atoms. The van der Waals surface area contributed by atoms with Gasteiger partial charge in [0.05, 0.1) is 17.8 Å². The normalized spacial score (nSPS) is 11.0. The highest BCUT2D eigenvalue weighted by molar-refractivity contribution is 6.39. The van der Waals surface area contributed by atoms with Crippen molar-refractivity contribution in [3.8, 4) is 0 Å². The number of nitrogens with zero attached hydrogens (tertiary/aromatic N) is 1. The first-order valence-electron chi connectivity index (χ1n) is 6.93. The Bertz CT molecular complexity index is 760. The van der Waals surface area contributed by atoms with Crippen molar-refractivity contribution in [2.45, 2.75) is 19.6 Å². The van der Waals surface area contributed by atoms with Gasteiger partial charge < -0.3 is 10.6 Å². The van der Waals surface area contributed by atoms with Gasteiger partial charge in [0.2, 0.25) is 0 Å². The van der Waals surface area contributed by atoms with E-state index >= 15 is 0 Å². The first kappa shape index (κ1) is 17.5. The molecule has 5 nitrogen and oxygen atoms in total. The van der Waals surface area contributed by atoms with Crippen LogP contribution in [-0.2, 0) is 22.3 Å². The molecule has 0 saturated heterocycles. The van der Waals surface area contributed by atoms with Crippen LogP contribution in [0.25, 0.3) is 0 Å². The molecular formula is C16H14F3N3O2. The fourth-order valence-electron chi connectivity index (χ4n) is 1.91. The molecule has 1 heterocycles. The number of carbonyl (C=O) groups excluding carboxylic acids is 2. The maximum absolute atomic E-state index is 12.6. The number of aryl methyl sites for hydroxylation is 1. The Morgan fingerprint density at radius 1 is 1.12 bits per heavy atom. The molecule has 0 spiro atoms. The topological polar surface area (TPSA) is 71.1 Å². The third kappa shape index (κ3) is 4.80. The van der Waals surface area contributed by atoms with Crippen LogP contribution in [0.15, 0.2) is 42.6 Å². The van der Waals surface area contributed by atoms with Gasteiger partial charge in [-0.2, -0.15) is 13.2 Å². The first-order valence-corrected chi connectivity index (χ1v) is 6.93. The highest BCUT2D eigenvalue weighted by Gasteiger charge is 2.30. The Morgan fingerprint density at radius 3 is 2.54 bits per heavy atom. The van der Waals surface area contributed by atoms with Gasteiger partial charge in [0.1, 0.15) is 0 Å². The van der Waals surface area contributed by atoms with Crippen molar-refractivity contribution in [3.63, 3.8) is 0 Å². The summed E-state index contributed by atoms with van der Waals surface area (Å²) in [5.41, 5.74) is 0.487. The van der Waals surface area contributed by atoms with Crippen LogP contribution in [0.3, 0.4) is 0 Å². The summed E-state index contributed by atoms with van der Waals surface area (Å²) in [6.07, 6.45) is -3.50. The third-order valence-corrected chi connectivity index (χ3v) is 3.06. The van der Waals surface area contributed by atoms with Crippen LogP contribution in [0.4, 0.5) is 18.9 Å². The van der Waals surface area contributed by atoms with Crippen molar-refractivity contribution in [2.75, 3.05) is 5.32 Å². The Hall–Kier alpha value is -2.90. The number of halogens is 3. The lowest BCUT2D eigenvalue weighted by Crippen LogP contribution is -2.35. The standard InChI is InChI=1S/C16H14F3N3O2/c1-10-3-2-4-12(7-10)22-15(24)14(23)21-9-13-8-11(5-6-20-13)16(17,18)19/h2-8H,9H2,1H3,(H,21,23)(H,22,24). The van der Waals surface area contributed by atoms with Gasteiger partial charge >= 0.3 is 18.0 Å². The molecular weight excluding hydrogens is 323 g/mol. The van der Waals surface area contributed by atoms with Crippen molar-refractivity contribution in [1.82, 2.24) is 10.3 Å². The van der Waals surface area contributed by atoms with Gasteiger partial charge in [0.15, 0.2) is 0 Å². The molecule has 0 saturated carbocycles. The largest absolute Gasteiger partial charge is 0.416 e. The van der Waals surface area contributed by atoms with E-state index in [1.54, 1.807) is 18.2 Å². The van der Waals surface area contributed by atoms with E-state index in [4.69, 9.17) is 0 Å². The predicted molar refractivity (Wildman–Crippen MR) is 80.9 cm³/mol. The van der Waals surface area contributed by atoms with E-state index in [0.717, 1.165) is 23.9 Å². The summed E-state index contributed by atoms with van der Waals surface area (Å²) in [4.78, 5) is 27.2. The number of carbonyl (C=O) groups is 2. The lowest BCUT2D eigenvalue weighted by molar-refractivity contribution is -0.137. The monoisotopic (exact) mass is 337 g/mol. The average Bonchev–Trinajstić information content (AvgIpc) is 2.52. The quantitative estimate of drug-likeness (QED) is 0.846. The van der Waals surface area contributed by atoms with Crippen LogP contribution in [0.2, 0.25) is 0 Å². The SMILES string of the molecule is Cc1cccc(NC(=O)C(=O)NCc2cc(C(F)(F)F)ccn2)c1. The van der Waals surface area contributed by atoms with E-state index in [1.165, 1.54) is 0 Å². The number of pyridine rings is 1. The molecule has 2 rings (SSSR count). The molecule has 0 radical (unpaired) electrons. The second-order valence-electron chi connectivity index (χ2n) is 5.04. The van der Waals surface area contributed by atoms with Crippen molar-refractivity contribution >= 4 is 17.5 Å². The smallest absolute Gasteiger partial charge is 0.342 e. The maximum atomic E-state index is 12.6. The molecule has 0 aliphatic heterocycles. The van der Waals surface area contributed by atoms with Gasteiger partial charge in [-0.1, -0.05) is 12.1 Å². The molecule has 2 amide bonds. The van der Waals surface area contributed by atoms with Crippen LogP contribution in [0, 0.1) is 6.92 Å². The molecule has 126 valence electrons. The number of amides is 2. The summed E-state index contributed by atoms with van der Waals surface area (Å²) in [7, 11) is 0. The first-order chi connectivity index (χ1) is 11.3. The summed E-state index contributed by atoms with van der Waals surface area (Å²) >= 11 is 0. The second kappa shape index (κ2) is 7.12. The zero-order valence-corrected chi connectivity index (χ0v) is 12.6. The molecule has 1 aromatic heterocycles. The Morgan fingerprint density at radius 2 is 1.88 bits per heavy atom. The summed E-state index contributed by atoms with van der Waals surface area (Å²) < 4.78 is 37.8. The number of anilines is 1. The van der Waals surface area contributed by atoms with Crippen molar-refractivity contribution in [3.05, 3.63) is 59.4 Å². The third-order valence-electron chi connectivity index (χ3n) is 3.06. The minimum absolute atomic E-state index is 0.00142. The number of alkyl halides is 3. The summed E-state index contributed by atoms with van der Waals surface area (Å²) in [5.74, 6) is -1.87. The molecule has 8 heteroatoms. The van der Waals surface area contributed by atoms with Crippen LogP contribution in [0.1, 0.15) is 16.8 Å². The molecule has 0 unspecified atom stereocenters. The molecule has 0 bridgehead atoms. The van der Waals surface area contributed by atoms with Gasteiger partial charge in [-0.3, -0.25) is 14.6 Å². The van der Waals surface area contributed by atoms with Crippen LogP contribution < -0.4 is 10.6 Å². The van der Waals surface area contributed by atoms with Crippen LogP contribution in [-0.4, -0.2) is 16.8 Å². The molecule has 0 fully saturated rings. The minimum atomic E-state index is -4.50. The molecule has 0 atom stereocenters. The lowest BCUT2D eigenvalue weighted by atomic mass is 10.2. The van der Waals surface area contributed by atoms with Crippen LogP contribution >= 0.6 is 0 Å². The number of hydrogen-bond acceptors (Lipinski definition) is 3. The number of hydrogen-bond donors (Lipinski definition) is 2. The number of nitrogens with one attached hydrogen (secondary N) is 2. The summed E-state index contributed by atoms with van der Waals surface area (Å²) in [6, 6.07) is 8.49. The molecule has 0 aliphatic rings. The predicted octanol–water partition coefficient (Wildman–Crippen LogP) is 2.66. The molecule has 1 aromatic carbocycles. The Labute approximate surface area is 135 Å². The molecule has 0 aliphatic carbocycles. The number of benzene rings is 1. The fraction of sp³-hybridized carbons (Fsp3) is 0.188. The number of rotatable bonds is 3. The van der Waals surface area contributed by atoms with E-state index in [9.17, 15) is 22.8 Å². The highest BCUT2D eigenvalue weighted by atomic mass is 19.4. The van der Waals surface area contributed by atoms with E-state index in [2.05, 4.69) is 15.6 Å². The van der Waals surface area contributed by atoms with Crippen molar-refractivity contribution < 1.29 is 22.8 Å². The van der Waals surface area contributed by atoms with Crippen molar-refractivity contribution in [2.24, 2.45) is 0 Å². The lowest BCUT2D eigenvalue weighted by Gasteiger charge is -2.09. The fourth-order valence-corrected chi connectivity index (χ4v) is 1.91. The average molecular weight is 337 g/mol. The second-order valence-corrected chi connectivity index (χ2v) is 5.04. The number of aromatic nitrogens is 1. The van der Waals surface area contributed by atoms with Gasteiger partial charge in [0.25, 0.3) is 0 Å². The van der Waals surface area contributed by atoms with E-state index in [-0.39, 0.29) is 12.2 Å². The van der Waals surface area contributed by atoms with Gasteiger partial charge in [-0.05, 0) is 36.8 Å². The summed E-state index contributed by atoms with van der Waals surface area (Å²) in [5, 5.41) is 4.63. The van der Waals surface area contributed by atoms with Crippen LogP contribution in [0.5, 0.6) is 0 Å². The van der Waals surface area contributed by atoms with E-state index in [1.807, 2.05) is 13.0 Å². The van der Waals surface area contributed by atoms with Gasteiger partial charge in [0, 0.05) is 11.9 Å². The Balaban J connectivity index is 1.94.